The third-order valence-corrected chi connectivity index (χ3v) is 5.07. The van der Waals surface area contributed by atoms with Gasteiger partial charge in [-0.25, -0.2) is 4.68 Å². The van der Waals surface area contributed by atoms with Gasteiger partial charge in [0.05, 0.1) is 16.9 Å². The van der Waals surface area contributed by atoms with Crippen LogP contribution in [0.3, 0.4) is 0 Å². The van der Waals surface area contributed by atoms with Crippen molar-refractivity contribution in [1.29, 1.82) is 0 Å². The highest BCUT2D eigenvalue weighted by atomic mass is 16.2. The molecule has 0 aliphatic heterocycles. The van der Waals surface area contributed by atoms with Gasteiger partial charge in [0.2, 0.25) is 5.91 Å². The molecule has 0 aliphatic carbocycles. The molecule has 2 amide bonds. The van der Waals surface area contributed by atoms with Crippen LogP contribution in [0.2, 0.25) is 0 Å². The van der Waals surface area contributed by atoms with E-state index in [0.29, 0.717) is 12.2 Å². The van der Waals surface area contributed by atoms with E-state index in [1.807, 2.05) is 60.7 Å². The van der Waals surface area contributed by atoms with Gasteiger partial charge in [-0.1, -0.05) is 53.7 Å². The number of nitrogens with two attached hydrogens (primary N) is 1. The van der Waals surface area contributed by atoms with E-state index < -0.39 is 5.91 Å². The van der Waals surface area contributed by atoms with E-state index in [9.17, 15) is 9.59 Å². The molecule has 2 heterocycles. The maximum absolute atomic E-state index is 13.3. The summed E-state index contributed by atoms with van der Waals surface area (Å²) in [5.74, 6) is -0.768. The zero-order valence-corrected chi connectivity index (χ0v) is 17.1. The number of aromatic nitrogens is 4. The summed E-state index contributed by atoms with van der Waals surface area (Å²) in [7, 11) is 0. The molecule has 0 aliphatic rings. The molecule has 4 rings (SSSR count). The van der Waals surface area contributed by atoms with Crippen LogP contribution >= 0.6 is 0 Å². The predicted octanol–water partition coefficient (Wildman–Crippen LogP) is 2.64. The molecule has 31 heavy (non-hydrogen) atoms. The van der Waals surface area contributed by atoms with E-state index in [4.69, 9.17) is 5.73 Å². The molecule has 2 aromatic carbocycles. The number of nitrogens with zero attached hydrogens (tertiary/aromatic N) is 5. The van der Waals surface area contributed by atoms with Gasteiger partial charge in [0, 0.05) is 31.1 Å². The van der Waals surface area contributed by atoms with Crippen molar-refractivity contribution in [3.05, 3.63) is 83.8 Å². The minimum Gasteiger partial charge on any atom is -0.370 e. The average Bonchev–Trinajstić information content (AvgIpc) is 3.17. The fraction of sp³-hybridized carbons (Fsp3) is 0.174. The lowest BCUT2D eigenvalue weighted by atomic mass is 10.1. The van der Waals surface area contributed by atoms with Crippen LogP contribution in [-0.2, 0) is 11.3 Å². The van der Waals surface area contributed by atoms with Crippen molar-refractivity contribution in [3.8, 4) is 5.69 Å². The lowest BCUT2D eigenvalue weighted by Gasteiger charge is -2.21. The second kappa shape index (κ2) is 8.74. The van der Waals surface area contributed by atoms with Crippen LogP contribution < -0.4 is 5.73 Å². The Morgan fingerprint density at radius 1 is 1.03 bits per heavy atom. The van der Waals surface area contributed by atoms with E-state index in [2.05, 4.69) is 15.3 Å². The zero-order valence-electron chi connectivity index (χ0n) is 17.1. The number of fused-ring (bicyclic) bond motifs is 1. The van der Waals surface area contributed by atoms with Crippen molar-refractivity contribution in [3.63, 3.8) is 0 Å². The number of pyridine rings is 1. The van der Waals surface area contributed by atoms with Crippen LogP contribution in [0, 0.1) is 6.92 Å². The standard InChI is InChI=1S/C23H22N6O2/c1-16-21(23(31)28(14-12-20(24)30)15-17-7-3-2-4-8-17)26-27-29(16)19-11-5-9-18-10-6-13-25-22(18)19/h2-11,13H,12,14-15H2,1H3,(H2,24,30). The van der Waals surface area contributed by atoms with Crippen LogP contribution in [-0.4, -0.2) is 43.2 Å². The lowest BCUT2D eigenvalue weighted by molar-refractivity contribution is -0.118. The number of carbonyl (C=O) groups is 2. The van der Waals surface area contributed by atoms with Crippen molar-refractivity contribution in [2.75, 3.05) is 6.54 Å². The molecule has 0 bridgehead atoms. The van der Waals surface area contributed by atoms with Gasteiger partial charge in [0.15, 0.2) is 5.69 Å². The summed E-state index contributed by atoms with van der Waals surface area (Å²) >= 11 is 0. The van der Waals surface area contributed by atoms with E-state index in [1.54, 1.807) is 22.7 Å². The van der Waals surface area contributed by atoms with Crippen molar-refractivity contribution >= 4 is 22.7 Å². The van der Waals surface area contributed by atoms with E-state index in [1.165, 1.54) is 0 Å². The summed E-state index contributed by atoms with van der Waals surface area (Å²) < 4.78 is 1.62. The van der Waals surface area contributed by atoms with Crippen LogP contribution in [0.4, 0.5) is 0 Å². The Morgan fingerprint density at radius 2 is 1.81 bits per heavy atom. The maximum Gasteiger partial charge on any atom is 0.276 e. The van der Waals surface area contributed by atoms with Crippen molar-refractivity contribution in [2.45, 2.75) is 19.9 Å². The molecular weight excluding hydrogens is 392 g/mol. The molecule has 0 fully saturated rings. The molecule has 0 saturated heterocycles. The first-order valence-corrected chi connectivity index (χ1v) is 9.92. The van der Waals surface area contributed by atoms with Crippen LogP contribution in [0.5, 0.6) is 0 Å². The molecule has 2 N–H and O–H groups in total. The number of para-hydroxylation sites is 1. The van der Waals surface area contributed by atoms with Gasteiger partial charge < -0.3 is 10.6 Å². The minimum absolute atomic E-state index is 0.0685. The number of benzene rings is 2. The second-order valence-corrected chi connectivity index (χ2v) is 7.22. The van der Waals surface area contributed by atoms with Gasteiger partial charge in [-0.15, -0.1) is 5.10 Å². The van der Waals surface area contributed by atoms with Gasteiger partial charge in [-0.3, -0.25) is 14.6 Å². The van der Waals surface area contributed by atoms with E-state index >= 15 is 0 Å². The number of amides is 2. The van der Waals surface area contributed by atoms with Gasteiger partial charge in [0.25, 0.3) is 5.91 Å². The summed E-state index contributed by atoms with van der Waals surface area (Å²) in [4.78, 5) is 30.7. The molecule has 0 atom stereocenters. The van der Waals surface area contributed by atoms with Gasteiger partial charge in [-0.2, -0.15) is 0 Å². The lowest BCUT2D eigenvalue weighted by Crippen LogP contribution is -2.34. The third kappa shape index (κ3) is 4.28. The highest BCUT2D eigenvalue weighted by Gasteiger charge is 2.24. The smallest absolute Gasteiger partial charge is 0.276 e. The Morgan fingerprint density at radius 3 is 2.58 bits per heavy atom. The Balaban J connectivity index is 1.68. The van der Waals surface area contributed by atoms with Crippen LogP contribution in [0.1, 0.15) is 28.2 Å². The third-order valence-electron chi connectivity index (χ3n) is 5.07. The van der Waals surface area contributed by atoms with Gasteiger partial charge >= 0.3 is 0 Å². The van der Waals surface area contributed by atoms with E-state index in [0.717, 1.165) is 22.2 Å². The normalized spacial score (nSPS) is 10.9. The second-order valence-electron chi connectivity index (χ2n) is 7.22. The molecule has 2 aromatic heterocycles. The molecular formula is C23H22N6O2. The SMILES string of the molecule is Cc1c(C(=O)N(CCC(N)=O)Cc2ccccc2)nnn1-c1cccc2cccnc12. The summed E-state index contributed by atoms with van der Waals surface area (Å²) in [5, 5.41) is 9.36. The zero-order chi connectivity index (χ0) is 21.8. The first-order valence-electron chi connectivity index (χ1n) is 9.92. The van der Waals surface area contributed by atoms with Gasteiger partial charge in [0.1, 0.15) is 0 Å². The van der Waals surface area contributed by atoms with Gasteiger partial charge in [-0.05, 0) is 24.6 Å². The minimum atomic E-state index is -0.465. The Bertz CT molecular complexity index is 1230. The highest BCUT2D eigenvalue weighted by Crippen LogP contribution is 2.22. The van der Waals surface area contributed by atoms with Crippen molar-refractivity contribution in [2.24, 2.45) is 5.73 Å². The van der Waals surface area contributed by atoms with Crippen molar-refractivity contribution in [1.82, 2.24) is 24.9 Å². The summed E-state index contributed by atoms with van der Waals surface area (Å²) in [5.41, 5.74) is 8.61. The molecule has 0 unspecified atom stereocenters. The maximum atomic E-state index is 13.3. The number of primary amides is 1. The quantitative estimate of drug-likeness (QED) is 0.500. The predicted molar refractivity (Wildman–Crippen MR) is 116 cm³/mol. The molecule has 0 radical (unpaired) electrons. The van der Waals surface area contributed by atoms with Crippen LogP contribution in [0.25, 0.3) is 16.6 Å². The number of hydrogen-bond donors (Lipinski definition) is 1. The molecule has 0 saturated carbocycles. The summed E-state index contributed by atoms with van der Waals surface area (Å²) in [6, 6.07) is 19.2. The van der Waals surface area contributed by atoms with Crippen LogP contribution in [0.15, 0.2) is 66.9 Å². The van der Waals surface area contributed by atoms with E-state index in [-0.39, 0.29) is 24.6 Å². The highest BCUT2D eigenvalue weighted by molar-refractivity contribution is 5.94. The number of hydrogen-bond acceptors (Lipinski definition) is 5. The molecule has 156 valence electrons. The number of carbonyl (C=O) groups excluding carboxylic acids is 2. The first-order chi connectivity index (χ1) is 15.0. The fourth-order valence-corrected chi connectivity index (χ4v) is 3.47. The average molecular weight is 414 g/mol. The van der Waals surface area contributed by atoms with Crippen molar-refractivity contribution < 1.29 is 9.59 Å². The summed E-state index contributed by atoms with van der Waals surface area (Å²) in [6.45, 7) is 2.34. The topological polar surface area (TPSA) is 107 Å². The molecule has 0 spiro atoms. The summed E-state index contributed by atoms with van der Waals surface area (Å²) in [6.07, 6.45) is 1.79. The first kappa shape index (κ1) is 20.2. The molecule has 8 heteroatoms. The fourth-order valence-electron chi connectivity index (χ4n) is 3.47. The monoisotopic (exact) mass is 414 g/mol. The Labute approximate surface area is 179 Å². The number of rotatable bonds is 7. The molecule has 4 aromatic rings. The largest absolute Gasteiger partial charge is 0.370 e. The Hall–Kier alpha value is -4.07. The molecule has 8 nitrogen and oxygen atoms in total. The Kier molecular flexibility index (Phi) is 5.70.